The summed E-state index contributed by atoms with van der Waals surface area (Å²) < 4.78 is 0. The molecule has 8 aromatic rings. The average Bonchev–Trinajstić information content (AvgIpc) is 3.67. The maximum Gasteiger partial charge on any atom is 0.0720 e. The second kappa shape index (κ2) is 11.8. The second-order valence-electron chi connectivity index (χ2n) is 16.8. The summed E-state index contributed by atoms with van der Waals surface area (Å²) in [6.07, 6.45) is 0. The molecule has 0 atom stereocenters. The Morgan fingerprint density at radius 2 is 0.804 bits per heavy atom. The Balaban J connectivity index is 1.24. The van der Waals surface area contributed by atoms with Gasteiger partial charge in [-0.05, 0) is 91.0 Å². The van der Waals surface area contributed by atoms with Crippen LogP contribution in [0.15, 0.2) is 188 Å². The first-order valence-corrected chi connectivity index (χ1v) is 20.0. The van der Waals surface area contributed by atoms with Crippen LogP contribution >= 0.6 is 0 Å². The lowest BCUT2D eigenvalue weighted by Gasteiger charge is -2.46. The number of hydrogen-bond donors (Lipinski definition) is 0. The van der Waals surface area contributed by atoms with Crippen molar-refractivity contribution < 1.29 is 0 Å². The van der Waals surface area contributed by atoms with Crippen LogP contribution in [-0.4, -0.2) is 0 Å². The quantitative estimate of drug-likeness (QED) is 0.175. The number of anilines is 3. The van der Waals surface area contributed by atoms with Crippen LogP contribution in [0.25, 0.3) is 33.4 Å². The van der Waals surface area contributed by atoms with E-state index >= 15 is 0 Å². The lowest BCUT2D eigenvalue weighted by Crippen LogP contribution is -2.40. The number of rotatable bonds is 4. The average molecular weight is 718 g/mol. The topological polar surface area (TPSA) is 3.24 Å². The molecule has 3 aliphatic carbocycles. The van der Waals surface area contributed by atoms with Gasteiger partial charge in [0.05, 0.1) is 16.8 Å². The smallest absolute Gasteiger partial charge is 0.0720 e. The van der Waals surface area contributed by atoms with Crippen LogP contribution < -0.4 is 4.90 Å². The summed E-state index contributed by atoms with van der Waals surface area (Å²) in [5.41, 5.74) is 21.3. The number of para-hydroxylation sites is 1. The molecule has 0 bridgehead atoms. The zero-order valence-corrected chi connectivity index (χ0v) is 32.3. The van der Waals surface area contributed by atoms with E-state index in [0.29, 0.717) is 0 Å². The van der Waals surface area contributed by atoms with Gasteiger partial charge in [-0.1, -0.05) is 191 Å². The predicted octanol–water partition coefficient (Wildman–Crippen LogP) is 14.1. The fraction of sp³-hybridized carbons (Fsp3) is 0.127. The van der Waals surface area contributed by atoms with Crippen molar-refractivity contribution in [2.75, 3.05) is 4.90 Å². The highest BCUT2D eigenvalue weighted by Crippen LogP contribution is 2.64. The maximum absolute atomic E-state index is 2.56. The molecule has 268 valence electrons. The van der Waals surface area contributed by atoms with E-state index in [0.717, 1.165) is 11.4 Å². The molecule has 1 nitrogen and oxygen atoms in total. The first-order chi connectivity index (χ1) is 27.3. The molecular weight excluding hydrogens is 675 g/mol. The standard InChI is InChI=1S/C55H43N/c1-53(2)42-24-11-8-22-39(42)40-34-33-37(35-49(40)53)56(50-31-17-10-21-38(50)36-19-6-5-7-20-36)51-32-18-30-48-52(51)41-23-9-12-25-43(41)55(48)46-28-15-13-26-44(46)54(3,4)45-27-14-16-29-47(45)55/h5-35H,1-4H3. The van der Waals surface area contributed by atoms with Gasteiger partial charge in [-0.2, -0.15) is 0 Å². The Labute approximate surface area is 330 Å². The van der Waals surface area contributed by atoms with Crippen LogP contribution in [0.3, 0.4) is 0 Å². The summed E-state index contributed by atoms with van der Waals surface area (Å²) in [5, 5.41) is 0. The molecule has 8 aromatic carbocycles. The van der Waals surface area contributed by atoms with Crippen LogP contribution in [0.2, 0.25) is 0 Å². The lowest BCUT2D eigenvalue weighted by molar-refractivity contribution is 0.563. The van der Waals surface area contributed by atoms with Crippen molar-refractivity contribution in [1.82, 2.24) is 0 Å². The summed E-state index contributed by atoms with van der Waals surface area (Å²) in [6.45, 7) is 9.55. The van der Waals surface area contributed by atoms with E-state index in [1.807, 2.05) is 0 Å². The Kier molecular flexibility index (Phi) is 6.93. The van der Waals surface area contributed by atoms with Gasteiger partial charge in [0.15, 0.2) is 0 Å². The van der Waals surface area contributed by atoms with E-state index in [9.17, 15) is 0 Å². The molecule has 56 heavy (non-hydrogen) atoms. The third-order valence-electron chi connectivity index (χ3n) is 13.4. The zero-order valence-electron chi connectivity index (χ0n) is 32.3. The third kappa shape index (κ3) is 4.26. The molecule has 0 aliphatic heterocycles. The van der Waals surface area contributed by atoms with E-state index in [2.05, 4.69) is 221 Å². The molecular formula is C55H43N. The number of fused-ring (bicyclic) bond motifs is 12. The van der Waals surface area contributed by atoms with Gasteiger partial charge >= 0.3 is 0 Å². The van der Waals surface area contributed by atoms with E-state index in [1.54, 1.807) is 0 Å². The molecule has 0 fully saturated rings. The van der Waals surface area contributed by atoms with E-state index < -0.39 is 5.41 Å². The molecule has 0 saturated heterocycles. The highest BCUT2D eigenvalue weighted by Gasteiger charge is 2.54. The largest absolute Gasteiger partial charge is 0.309 e. The number of hydrogen-bond acceptors (Lipinski definition) is 1. The molecule has 0 aromatic heterocycles. The summed E-state index contributed by atoms with van der Waals surface area (Å²) in [4.78, 5) is 2.56. The Morgan fingerprint density at radius 1 is 0.321 bits per heavy atom. The van der Waals surface area contributed by atoms with Crippen molar-refractivity contribution in [3.05, 3.63) is 233 Å². The van der Waals surface area contributed by atoms with E-state index in [-0.39, 0.29) is 10.8 Å². The van der Waals surface area contributed by atoms with Crippen LogP contribution in [0.4, 0.5) is 17.1 Å². The molecule has 0 unspecified atom stereocenters. The summed E-state index contributed by atoms with van der Waals surface area (Å²) in [6, 6.07) is 70.6. The van der Waals surface area contributed by atoms with Gasteiger partial charge in [0.2, 0.25) is 0 Å². The fourth-order valence-corrected chi connectivity index (χ4v) is 10.8. The van der Waals surface area contributed by atoms with Crippen LogP contribution in [-0.2, 0) is 16.2 Å². The summed E-state index contributed by atoms with van der Waals surface area (Å²) >= 11 is 0. The van der Waals surface area contributed by atoms with E-state index in [4.69, 9.17) is 0 Å². The summed E-state index contributed by atoms with van der Waals surface area (Å²) in [7, 11) is 0. The van der Waals surface area contributed by atoms with Crippen molar-refractivity contribution in [3.8, 4) is 33.4 Å². The molecule has 3 aliphatic rings. The predicted molar refractivity (Wildman–Crippen MR) is 234 cm³/mol. The van der Waals surface area contributed by atoms with Gasteiger partial charge in [0.25, 0.3) is 0 Å². The molecule has 1 spiro atoms. The number of benzene rings is 8. The van der Waals surface area contributed by atoms with Gasteiger partial charge in [0.1, 0.15) is 0 Å². The molecule has 0 N–H and O–H groups in total. The lowest BCUT2D eigenvalue weighted by atomic mass is 9.55. The van der Waals surface area contributed by atoms with Crippen LogP contribution in [0.1, 0.15) is 72.2 Å². The SMILES string of the molecule is CC1(C)c2ccccc2-c2ccc(N(c3ccccc3-c3ccccc3)c3cccc4c3-c3ccccc3C43c4ccccc4C(C)(C)c4ccccc43)cc21. The monoisotopic (exact) mass is 717 g/mol. The minimum atomic E-state index is -0.475. The zero-order chi connectivity index (χ0) is 37.8. The minimum absolute atomic E-state index is 0.135. The van der Waals surface area contributed by atoms with Crippen molar-refractivity contribution in [2.45, 2.75) is 43.9 Å². The molecule has 1 heteroatoms. The summed E-state index contributed by atoms with van der Waals surface area (Å²) in [5.74, 6) is 0. The first-order valence-electron chi connectivity index (χ1n) is 20.0. The minimum Gasteiger partial charge on any atom is -0.309 e. The van der Waals surface area contributed by atoms with Crippen LogP contribution in [0, 0.1) is 0 Å². The molecule has 0 heterocycles. The molecule has 11 rings (SSSR count). The number of nitrogens with zero attached hydrogens (tertiary/aromatic N) is 1. The van der Waals surface area contributed by atoms with E-state index in [1.165, 1.54) is 83.6 Å². The Hall–Kier alpha value is -6.44. The first kappa shape index (κ1) is 32.9. The Morgan fingerprint density at radius 3 is 1.50 bits per heavy atom. The van der Waals surface area contributed by atoms with Gasteiger partial charge in [-0.3, -0.25) is 0 Å². The molecule has 0 amide bonds. The van der Waals surface area contributed by atoms with Crippen LogP contribution in [0.5, 0.6) is 0 Å². The van der Waals surface area contributed by atoms with Crippen molar-refractivity contribution in [3.63, 3.8) is 0 Å². The molecule has 0 radical (unpaired) electrons. The molecule has 0 saturated carbocycles. The van der Waals surface area contributed by atoms with Gasteiger partial charge in [-0.25, -0.2) is 0 Å². The van der Waals surface area contributed by atoms with Crippen molar-refractivity contribution in [2.24, 2.45) is 0 Å². The second-order valence-corrected chi connectivity index (χ2v) is 16.8. The normalized spacial score (nSPS) is 15.6. The maximum atomic E-state index is 2.56. The van der Waals surface area contributed by atoms with Gasteiger partial charge < -0.3 is 4.90 Å². The van der Waals surface area contributed by atoms with Crippen molar-refractivity contribution in [1.29, 1.82) is 0 Å². The highest BCUT2D eigenvalue weighted by molar-refractivity contribution is 6.00. The van der Waals surface area contributed by atoms with Gasteiger partial charge in [0, 0.05) is 27.6 Å². The highest BCUT2D eigenvalue weighted by atomic mass is 15.1. The Bertz CT molecular complexity index is 2820. The fourth-order valence-electron chi connectivity index (χ4n) is 10.8. The third-order valence-corrected chi connectivity index (χ3v) is 13.4. The van der Waals surface area contributed by atoms with Gasteiger partial charge in [-0.15, -0.1) is 0 Å². The van der Waals surface area contributed by atoms with Crippen molar-refractivity contribution >= 4 is 17.1 Å².